The van der Waals surface area contributed by atoms with E-state index >= 15 is 0 Å². The predicted molar refractivity (Wildman–Crippen MR) is 230 cm³/mol. The van der Waals surface area contributed by atoms with Crippen LogP contribution in [0.2, 0.25) is 0 Å². The number of H-pyrrole nitrogens is 1. The summed E-state index contributed by atoms with van der Waals surface area (Å²) in [5, 5.41) is 53.2. The maximum atomic E-state index is 14.2. The number of aliphatic hydroxyl groups excluding tert-OH is 1. The topological polar surface area (TPSA) is 311 Å². The van der Waals surface area contributed by atoms with Gasteiger partial charge in [0.2, 0.25) is 29.5 Å². The van der Waals surface area contributed by atoms with Crippen molar-refractivity contribution in [3.05, 3.63) is 95.7 Å². The van der Waals surface area contributed by atoms with Crippen molar-refractivity contribution in [2.45, 2.75) is 95.0 Å². The minimum absolute atomic E-state index is 0.0374. The van der Waals surface area contributed by atoms with Crippen molar-refractivity contribution in [3.63, 3.8) is 0 Å². The highest BCUT2D eigenvalue weighted by atomic mass is 16.4. The summed E-state index contributed by atoms with van der Waals surface area (Å²) < 4.78 is 0. The number of amides is 5. The van der Waals surface area contributed by atoms with E-state index in [0.717, 1.165) is 16.5 Å². The van der Waals surface area contributed by atoms with Crippen LogP contribution in [0, 0.1) is 5.92 Å². The first kappa shape index (κ1) is 48.2. The molecule has 0 aliphatic carbocycles. The zero-order chi connectivity index (χ0) is 45.3. The quantitative estimate of drug-likeness (QED) is 0.0432. The molecule has 0 spiro atoms. The second kappa shape index (κ2) is 23.5. The molecule has 0 radical (unpaired) electrons. The Hall–Kier alpha value is -6.50. The summed E-state index contributed by atoms with van der Waals surface area (Å²) in [5.74, 6) is -5.90. The number of rotatable bonds is 24. The van der Waals surface area contributed by atoms with Crippen molar-refractivity contribution in [1.29, 1.82) is 0 Å². The zero-order valence-electron chi connectivity index (χ0n) is 34.8. The van der Waals surface area contributed by atoms with Crippen LogP contribution in [0.15, 0.2) is 79.0 Å². The number of carbonyl (C=O) groups is 6. The third kappa shape index (κ3) is 14.0. The summed E-state index contributed by atoms with van der Waals surface area (Å²) in [6.45, 7) is 2.95. The van der Waals surface area contributed by atoms with Crippen LogP contribution in [0.25, 0.3) is 10.9 Å². The van der Waals surface area contributed by atoms with Crippen LogP contribution in [0.5, 0.6) is 11.5 Å². The number of aromatic nitrogens is 1. The first-order valence-electron chi connectivity index (χ1n) is 20.6. The van der Waals surface area contributed by atoms with Crippen molar-refractivity contribution in [2.75, 3.05) is 13.2 Å². The van der Waals surface area contributed by atoms with E-state index in [1.54, 1.807) is 20.0 Å². The fourth-order valence-electron chi connectivity index (χ4n) is 6.77. The Balaban J connectivity index is 1.51. The molecular weight excluding hydrogens is 801 g/mol. The van der Waals surface area contributed by atoms with Gasteiger partial charge in [0, 0.05) is 29.9 Å². The van der Waals surface area contributed by atoms with Crippen LogP contribution in [0.4, 0.5) is 0 Å². The number of para-hydroxylation sites is 1. The smallest absolute Gasteiger partial charge is 0.326 e. The molecule has 0 saturated carbocycles. The summed E-state index contributed by atoms with van der Waals surface area (Å²) in [7, 11) is 0. The molecule has 334 valence electrons. The Morgan fingerprint density at radius 2 is 1.19 bits per heavy atom. The van der Waals surface area contributed by atoms with Gasteiger partial charge in [-0.3, -0.25) is 24.0 Å². The predicted octanol–water partition coefficient (Wildman–Crippen LogP) is 0.610. The van der Waals surface area contributed by atoms with Crippen LogP contribution in [-0.2, 0) is 48.0 Å². The number of nitrogens with two attached hydrogens (primary N) is 2. The number of benzene rings is 3. The number of aromatic hydroxyl groups is 2. The highest BCUT2D eigenvalue weighted by Crippen LogP contribution is 2.19. The second-order valence-corrected chi connectivity index (χ2v) is 15.3. The molecule has 0 unspecified atom stereocenters. The normalized spacial score (nSPS) is 14.6. The number of phenolic OH excluding ortho intramolecular Hbond substituents is 2. The number of aliphatic hydroxyl groups is 1. The number of aromatic amines is 1. The van der Waals surface area contributed by atoms with Gasteiger partial charge in [0.1, 0.15) is 41.7 Å². The van der Waals surface area contributed by atoms with E-state index in [1.807, 2.05) is 24.3 Å². The average molecular weight is 859 g/mol. The van der Waals surface area contributed by atoms with E-state index in [1.165, 1.54) is 48.5 Å². The number of carboxylic acids is 1. The molecule has 0 aliphatic rings. The Kier molecular flexibility index (Phi) is 18.2. The van der Waals surface area contributed by atoms with Gasteiger partial charge >= 0.3 is 5.97 Å². The number of nitrogens with one attached hydrogen (secondary N) is 6. The largest absolute Gasteiger partial charge is 0.508 e. The van der Waals surface area contributed by atoms with Gasteiger partial charge in [-0.2, -0.15) is 0 Å². The van der Waals surface area contributed by atoms with Crippen molar-refractivity contribution >= 4 is 46.4 Å². The molecule has 4 aromatic rings. The molecule has 18 heteroatoms. The maximum absolute atomic E-state index is 14.2. The number of phenols is 2. The molecule has 1 heterocycles. The molecular formula is C44H58N8O10. The number of carboxylic acid groups (broad SMARTS) is 1. The van der Waals surface area contributed by atoms with Gasteiger partial charge in [-0.25, -0.2) is 4.79 Å². The second-order valence-electron chi connectivity index (χ2n) is 15.3. The lowest BCUT2D eigenvalue weighted by Gasteiger charge is -2.29. The Morgan fingerprint density at radius 1 is 0.661 bits per heavy atom. The maximum Gasteiger partial charge on any atom is 0.326 e. The molecule has 4 rings (SSSR count). The van der Waals surface area contributed by atoms with E-state index in [-0.39, 0.29) is 37.2 Å². The molecule has 5 amide bonds. The van der Waals surface area contributed by atoms with Gasteiger partial charge in [0.05, 0.1) is 12.6 Å². The first-order valence-corrected chi connectivity index (χ1v) is 20.6. The standard InChI is InChI=1S/C44H58N8O10/c1-3-25(2)38(52-40(57)34(10-6-7-19-45)48-39(56)32(46)22-28-23-47-33-9-5-4-8-31(28)33)43(60)49-35(20-26-11-15-29(54)16-12-26)41(58)51-37(24-53)42(59)50-36(44(61)62)21-27-13-17-30(55)18-14-27/h4-5,8-9,11-18,23,25,32,34-38,47,53-55H,3,6-7,10,19-22,24,45-46H2,1-2H3,(H,48,56)(H,49,60)(H,50,59)(H,51,58)(H,52,57)(H,61,62)/t25-,32-,34-,35-,36-,37-,38-/m0/s1. The summed E-state index contributed by atoms with van der Waals surface area (Å²) >= 11 is 0. The monoisotopic (exact) mass is 858 g/mol. The molecule has 3 aromatic carbocycles. The number of hydrogen-bond donors (Lipinski definition) is 12. The van der Waals surface area contributed by atoms with Crippen LogP contribution in [-0.4, -0.2) is 110 Å². The first-order chi connectivity index (χ1) is 29.6. The average Bonchev–Trinajstić information content (AvgIpc) is 3.66. The molecule has 0 aliphatic heterocycles. The Labute approximate surface area is 359 Å². The summed E-state index contributed by atoms with van der Waals surface area (Å²) in [6.07, 6.45) is 3.27. The molecule has 1 aromatic heterocycles. The molecule has 0 bridgehead atoms. The van der Waals surface area contributed by atoms with E-state index in [0.29, 0.717) is 36.9 Å². The number of aliphatic carboxylic acids is 1. The highest BCUT2D eigenvalue weighted by molar-refractivity contribution is 5.97. The third-order valence-corrected chi connectivity index (χ3v) is 10.6. The Morgan fingerprint density at radius 3 is 1.77 bits per heavy atom. The van der Waals surface area contributed by atoms with Crippen molar-refractivity contribution in [1.82, 2.24) is 31.6 Å². The molecule has 0 fully saturated rings. The fourth-order valence-corrected chi connectivity index (χ4v) is 6.77. The van der Waals surface area contributed by atoms with Gasteiger partial charge in [-0.1, -0.05) is 62.7 Å². The van der Waals surface area contributed by atoms with E-state index in [4.69, 9.17) is 11.5 Å². The minimum Gasteiger partial charge on any atom is -0.508 e. The minimum atomic E-state index is -1.64. The van der Waals surface area contributed by atoms with Crippen LogP contribution < -0.4 is 38.1 Å². The van der Waals surface area contributed by atoms with Crippen molar-refractivity contribution in [3.8, 4) is 11.5 Å². The van der Waals surface area contributed by atoms with Crippen molar-refractivity contribution in [2.24, 2.45) is 17.4 Å². The zero-order valence-corrected chi connectivity index (χ0v) is 34.8. The third-order valence-electron chi connectivity index (χ3n) is 10.6. The van der Waals surface area contributed by atoms with Gasteiger partial charge in [0.15, 0.2) is 0 Å². The summed E-state index contributed by atoms with van der Waals surface area (Å²) in [4.78, 5) is 84.0. The lowest BCUT2D eigenvalue weighted by atomic mass is 9.96. The van der Waals surface area contributed by atoms with E-state index in [9.17, 15) is 49.2 Å². The van der Waals surface area contributed by atoms with Crippen LogP contribution >= 0.6 is 0 Å². The molecule has 0 saturated heterocycles. The lowest BCUT2D eigenvalue weighted by molar-refractivity contribution is -0.142. The van der Waals surface area contributed by atoms with Crippen molar-refractivity contribution < 1.29 is 49.2 Å². The molecule has 14 N–H and O–H groups in total. The molecule has 62 heavy (non-hydrogen) atoms. The fraction of sp³-hybridized carbons (Fsp3) is 0.409. The number of carbonyl (C=O) groups excluding carboxylic acids is 5. The van der Waals surface area contributed by atoms with Gasteiger partial charge in [-0.15, -0.1) is 0 Å². The molecule has 7 atom stereocenters. The van der Waals surface area contributed by atoms with E-state index < -0.39 is 84.3 Å². The van der Waals surface area contributed by atoms with Gasteiger partial charge < -0.3 is 63.5 Å². The van der Waals surface area contributed by atoms with Gasteiger partial charge in [-0.05, 0) is 85.2 Å². The number of hydrogen-bond acceptors (Lipinski definition) is 11. The highest BCUT2D eigenvalue weighted by Gasteiger charge is 2.35. The SMILES string of the molecule is CC[C@H](C)[C@H](NC(=O)[C@H](CCCCN)NC(=O)[C@@H](N)Cc1c[nH]c2ccccc12)C(=O)N[C@@H](Cc1ccc(O)cc1)C(=O)N[C@@H](CO)C(=O)N[C@@H](Cc1ccc(O)cc1)C(=O)O. The number of unbranched alkanes of at least 4 members (excludes halogenated alkanes) is 1. The van der Waals surface area contributed by atoms with Crippen LogP contribution in [0.1, 0.15) is 56.2 Å². The lowest BCUT2D eigenvalue weighted by Crippen LogP contribution is -2.61. The van der Waals surface area contributed by atoms with Crippen LogP contribution in [0.3, 0.4) is 0 Å². The van der Waals surface area contributed by atoms with E-state index in [2.05, 4.69) is 31.6 Å². The summed E-state index contributed by atoms with van der Waals surface area (Å²) in [5.41, 5.74) is 14.7. The number of fused-ring (bicyclic) bond motifs is 1. The Bertz CT molecular complexity index is 2130. The molecule has 18 nitrogen and oxygen atoms in total. The van der Waals surface area contributed by atoms with Gasteiger partial charge in [0.25, 0.3) is 0 Å². The summed E-state index contributed by atoms with van der Waals surface area (Å²) in [6, 6.07) is 11.2.